The minimum Gasteiger partial charge on any atom is -0.373 e. The molecule has 2 aliphatic rings. The summed E-state index contributed by atoms with van der Waals surface area (Å²) in [5.41, 5.74) is 1.10. The lowest BCUT2D eigenvalue weighted by Gasteiger charge is -2.14. The molecule has 0 spiro atoms. The average molecular weight is 304 g/mol. The molecule has 3 rings (SSSR count). The van der Waals surface area contributed by atoms with Crippen LogP contribution in [-0.4, -0.2) is 49.1 Å². The van der Waals surface area contributed by atoms with E-state index in [1.807, 2.05) is 6.92 Å². The highest BCUT2D eigenvalue weighted by atomic mass is 19.1. The number of ether oxygens (including phenoxy) is 1. The summed E-state index contributed by atoms with van der Waals surface area (Å²) in [6.07, 6.45) is 0.00426. The number of hydrogen-bond donors (Lipinski definition) is 1. The third-order valence-corrected chi connectivity index (χ3v) is 3.87. The van der Waals surface area contributed by atoms with Crippen LogP contribution in [-0.2, 0) is 4.74 Å². The Labute approximate surface area is 127 Å². The van der Waals surface area contributed by atoms with Gasteiger partial charge in [-0.15, -0.1) is 0 Å². The van der Waals surface area contributed by atoms with Gasteiger partial charge in [-0.25, -0.2) is 4.39 Å². The molecule has 116 valence electrons. The molecule has 2 aliphatic heterocycles. The predicted molar refractivity (Wildman–Crippen MR) is 78.2 cm³/mol. The molecule has 2 heterocycles. The van der Waals surface area contributed by atoms with Crippen LogP contribution in [0.15, 0.2) is 35.7 Å². The van der Waals surface area contributed by atoms with Gasteiger partial charge in [0.2, 0.25) is 0 Å². The van der Waals surface area contributed by atoms with Gasteiger partial charge in [-0.1, -0.05) is 12.1 Å². The van der Waals surface area contributed by atoms with Crippen molar-refractivity contribution >= 4 is 11.8 Å². The zero-order chi connectivity index (χ0) is 15.7. The topological polar surface area (TPSA) is 58.6 Å². The molecule has 5 nitrogen and oxygen atoms in total. The Balaban J connectivity index is 1.79. The summed E-state index contributed by atoms with van der Waals surface area (Å²) >= 11 is 0. The fourth-order valence-electron chi connectivity index (χ4n) is 2.59. The third-order valence-electron chi connectivity index (χ3n) is 3.87. The molecule has 1 saturated heterocycles. The second-order valence-electron chi connectivity index (χ2n) is 5.50. The second-order valence-corrected chi connectivity index (χ2v) is 5.50. The summed E-state index contributed by atoms with van der Waals surface area (Å²) in [6, 6.07) is 6.54. The molecule has 0 radical (unpaired) electrons. The average Bonchev–Trinajstić information content (AvgIpc) is 2.69. The molecule has 6 heteroatoms. The van der Waals surface area contributed by atoms with Gasteiger partial charge in [0.15, 0.2) is 0 Å². The van der Waals surface area contributed by atoms with E-state index in [1.54, 1.807) is 24.3 Å². The van der Waals surface area contributed by atoms with Crippen molar-refractivity contribution in [3.8, 4) is 0 Å². The number of hydrogen-bond acceptors (Lipinski definition) is 4. The molecule has 0 aliphatic carbocycles. The van der Waals surface area contributed by atoms with E-state index in [0.29, 0.717) is 29.8 Å². The van der Waals surface area contributed by atoms with Gasteiger partial charge >= 0.3 is 0 Å². The lowest BCUT2D eigenvalue weighted by molar-refractivity contribution is 0.0655. The van der Waals surface area contributed by atoms with E-state index in [-0.39, 0.29) is 19.3 Å². The number of amides is 2. The van der Waals surface area contributed by atoms with Crippen LogP contribution >= 0.6 is 0 Å². The van der Waals surface area contributed by atoms with Gasteiger partial charge in [0, 0.05) is 18.7 Å². The maximum Gasteiger partial charge on any atom is 0.261 e. The van der Waals surface area contributed by atoms with Crippen LogP contribution in [0, 0.1) is 0 Å². The molecule has 22 heavy (non-hydrogen) atoms. The van der Waals surface area contributed by atoms with Crippen LogP contribution in [0.4, 0.5) is 4.39 Å². The molecular formula is C16H17FN2O3. The fraction of sp³-hybridized carbons (Fsp3) is 0.375. The highest BCUT2D eigenvalue weighted by Gasteiger charge is 2.36. The molecule has 0 aromatic heterocycles. The van der Waals surface area contributed by atoms with Gasteiger partial charge in [-0.2, -0.15) is 0 Å². The van der Waals surface area contributed by atoms with Crippen LogP contribution in [0.2, 0.25) is 0 Å². The number of carbonyl (C=O) groups is 2. The van der Waals surface area contributed by atoms with Crippen molar-refractivity contribution in [2.45, 2.75) is 13.0 Å². The first kappa shape index (κ1) is 14.9. The van der Waals surface area contributed by atoms with E-state index in [1.165, 1.54) is 0 Å². The van der Waals surface area contributed by atoms with Gasteiger partial charge in [0.25, 0.3) is 11.8 Å². The van der Waals surface area contributed by atoms with Crippen molar-refractivity contribution in [3.05, 3.63) is 46.8 Å². The minimum absolute atomic E-state index is 0.00426. The number of carbonyl (C=O) groups excluding carboxylic acids is 2. The zero-order valence-electron chi connectivity index (χ0n) is 12.3. The minimum atomic E-state index is -0.490. The van der Waals surface area contributed by atoms with Gasteiger partial charge in [-0.3, -0.25) is 14.5 Å². The second kappa shape index (κ2) is 5.98. The van der Waals surface area contributed by atoms with E-state index >= 15 is 0 Å². The van der Waals surface area contributed by atoms with Crippen LogP contribution in [0.3, 0.4) is 0 Å². The van der Waals surface area contributed by atoms with Crippen molar-refractivity contribution < 1.29 is 18.7 Å². The summed E-state index contributed by atoms with van der Waals surface area (Å²) in [4.78, 5) is 25.4. The van der Waals surface area contributed by atoms with Crippen molar-refractivity contribution in [2.24, 2.45) is 0 Å². The number of nitrogens with zero attached hydrogens (tertiary/aromatic N) is 1. The van der Waals surface area contributed by atoms with E-state index < -0.39 is 17.6 Å². The van der Waals surface area contributed by atoms with Crippen LogP contribution in [0.5, 0.6) is 0 Å². The maximum atomic E-state index is 14.4. The monoisotopic (exact) mass is 304 g/mol. The molecule has 0 unspecified atom stereocenters. The van der Waals surface area contributed by atoms with Gasteiger partial charge in [0.1, 0.15) is 5.83 Å². The Bertz CT molecular complexity index is 622. The largest absolute Gasteiger partial charge is 0.373 e. The smallest absolute Gasteiger partial charge is 0.261 e. The fourth-order valence-corrected chi connectivity index (χ4v) is 2.59. The third kappa shape index (κ3) is 2.67. The molecule has 1 aromatic rings. The van der Waals surface area contributed by atoms with Crippen molar-refractivity contribution in [3.63, 3.8) is 0 Å². The Kier molecular flexibility index (Phi) is 4.04. The summed E-state index contributed by atoms with van der Waals surface area (Å²) in [5, 5.41) is 3.08. The molecule has 2 amide bonds. The Morgan fingerprint density at radius 1 is 1.32 bits per heavy atom. The first-order valence-corrected chi connectivity index (χ1v) is 7.22. The number of halogens is 1. The Morgan fingerprint density at radius 2 is 1.95 bits per heavy atom. The summed E-state index contributed by atoms with van der Waals surface area (Å²) in [7, 11) is 0. The molecule has 1 fully saturated rings. The summed E-state index contributed by atoms with van der Waals surface area (Å²) in [6.45, 7) is 2.73. The highest BCUT2D eigenvalue weighted by molar-refractivity contribution is 6.21. The quantitative estimate of drug-likeness (QED) is 0.842. The maximum absolute atomic E-state index is 14.4. The lowest BCUT2D eigenvalue weighted by Crippen LogP contribution is -2.32. The first-order valence-electron chi connectivity index (χ1n) is 7.22. The van der Waals surface area contributed by atoms with Crippen LogP contribution < -0.4 is 5.32 Å². The number of nitrogens with one attached hydrogen (secondary N) is 1. The number of fused-ring (bicyclic) bond motifs is 1. The Hall–Kier alpha value is -2.05. The molecule has 1 aromatic carbocycles. The number of benzene rings is 1. The summed E-state index contributed by atoms with van der Waals surface area (Å²) in [5.74, 6) is -1.39. The Morgan fingerprint density at radius 3 is 2.59 bits per heavy atom. The van der Waals surface area contributed by atoms with Crippen molar-refractivity contribution in [2.75, 3.05) is 26.2 Å². The predicted octanol–water partition coefficient (Wildman–Crippen LogP) is 1.51. The molecular weight excluding hydrogens is 287 g/mol. The van der Waals surface area contributed by atoms with Gasteiger partial charge < -0.3 is 10.1 Å². The summed E-state index contributed by atoms with van der Waals surface area (Å²) < 4.78 is 19.9. The normalized spacial score (nSPS) is 24.3. The van der Waals surface area contributed by atoms with Crippen LogP contribution in [0.1, 0.15) is 27.6 Å². The molecule has 0 bridgehead atoms. The van der Waals surface area contributed by atoms with Gasteiger partial charge in [-0.05, 0) is 19.1 Å². The van der Waals surface area contributed by atoms with Crippen molar-refractivity contribution in [1.29, 1.82) is 0 Å². The van der Waals surface area contributed by atoms with E-state index in [4.69, 9.17) is 4.74 Å². The van der Waals surface area contributed by atoms with Gasteiger partial charge in [0.05, 0.1) is 30.4 Å². The number of imide groups is 1. The number of rotatable bonds is 2. The van der Waals surface area contributed by atoms with E-state index in [0.717, 1.165) is 4.90 Å². The molecule has 1 atom stereocenters. The zero-order valence-corrected chi connectivity index (χ0v) is 12.3. The van der Waals surface area contributed by atoms with E-state index in [9.17, 15) is 14.0 Å². The van der Waals surface area contributed by atoms with E-state index in [2.05, 4.69) is 5.32 Å². The van der Waals surface area contributed by atoms with Crippen molar-refractivity contribution in [1.82, 2.24) is 10.2 Å². The lowest BCUT2D eigenvalue weighted by atomic mass is 10.1. The first-order chi connectivity index (χ1) is 10.6. The molecule has 0 saturated carbocycles. The standard InChI is InChI=1S/C16H17FN2O3/c1-10-6-18-7-11(9-22-10)14(17)8-19-15(20)12-4-2-3-5-13(12)16(19)21/h2-5,10,18H,6-9H2,1H3/t10-/m1/s1. The highest BCUT2D eigenvalue weighted by Crippen LogP contribution is 2.24. The van der Waals surface area contributed by atoms with Crippen LogP contribution in [0.25, 0.3) is 0 Å². The SMILES string of the molecule is C[C@@H]1CNCC(=C(F)CN2C(=O)c3ccccc3C2=O)CO1. The molecule has 1 N–H and O–H groups in total.